The van der Waals surface area contributed by atoms with E-state index in [1.807, 2.05) is 27.7 Å². The largest absolute Gasteiger partial charge is 0.524 e. The summed E-state index contributed by atoms with van der Waals surface area (Å²) < 4.78 is 31.2. The Labute approximate surface area is 144 Å². The normalized spacial score (nSPS) is 24.7. The van der Waals surface area contributed by atoms with Crippen molar-refractivity contribution in [2.45, 2.75) is 78.1 Å². The molecule has 2 aliphatic rings. The summed E-state index contributed by atoms with van der Waals surface area (Å²) in [6, 6.07) is 0. The highest BCUT2D eigenvalue weighted by Gasteiger charge is 2.54. The van der Waals surface area contributed by atoms with E-state index < -0.39 is 35.7 Å². The Morgan fingerprint density at radius 3 is 2.12 bits per heavy atom. The first-order valence-corrected chi connectivity index (χ1v) is 8.46. The molecule has 1 amide bonds. The van der Waals surface area contributed by atoms with Gasteiger partial charge in [0.2, 0.25) is 0 Å². The molecule has 1 saturated carbocycles. The first kappa shape index (κ1) is 19.3. The van der Waals surface area contributed by atoms with Gasteiger partial charge in [-0.05, 0) is 67.4 Å². The maximum absolute atomic E-state index is 14.6. The van der Waals surface area contributed by atoms with Crippen molar-refractivity contribution in [2.75, 3.05) is 6.54 Å². The number of halogens is 1. The van der Waals surface area contributed by atoms with Crippen molar-refractivity contribution in [2.24, 2.45) is 5.41 Å². The van der Waals surface area contributed by atoms with E-state index in [2.05, 4.69) is 5.32 Å². The van der Waals surface area contributed by atoms with Crippen LogP contribution in [0.3, 0.4) is 0 Å². The zero-order valence-corrected chi connectivity index (χ0v) is 15.8. The minimum absolute atomic E-state index is 0.342. The average Bonchev–Trinajstić information content (AvgIpc) is 3.08. The topological polar surface area (TPSA) is 56.8 Å². The monoisotopic (exact) mass is 341 g/mol. The minimum Gasteiger partial charge on any atom is -0.444 e. The molecule has 0 atom stereocenters. The Kier molecular flexibility index (Phi) is 4.83. The van der Waals surface area contributed by atoms with Crippen LogP contribution in [-0.2, 0) is 14.0 Å². The molecular weight excluding hydrogens is 312 g/mol. The van der Waals surface area contributed by atoms with Gasteiger partial charge in [0.25, 0.3) is 0 Å². The molecule has 1 N–H and O–H groups in total. The highest BCUT2D eigenvalue weighted by molar-refractivity contribution is 6.53. The van der Waals surface area contributed by atoms with Gasteiger partial charge in [-0.2, -0.15) is 0 Å². The van der Waals surface area contributed by atoms with Gasteiger partial charge in [0.15, 0.2) is 0 Å². The van der Waals surface area contributed by atoms with Crippen LogP contribution >= 0.6 is 0 Å². The smallest absolute Gasteiger partial charge is 0.444 e. The molecule has 0 radical (unpaired) electrons. The predicted molar refractivity (Wildman–Crippen MR) is 91.2 cm³/mol. The van der Waals surface area contributed by atoms with Crippen LogP contribution in [0, 0.1) is 5.41 Å². The lowest BCUT2D eigenvalue weighted by molar-refractivity contribution is 0.00578. The van der Waals surface area contributed by atoms with Crippen molar-refractivity contribution in [3.8, 4) is 0 Å². The van der Waals surface area contributed by atoms with Crippen molar-refractivity contribution in [1.29, 1.82) is 0 Å². The third kappa shape index (κ3) is 4.51. The molecule has 2 rings (SSSR count). The number of ether oxygens (including phenoxy) is 1. The molecule has 5 nitrogen and oxygen atoms in total. The molecule has 2 fully saturated rings. The summed E-state index contributed by atoms with van der Waals surface area (Å²) in [5.41, 5.74) is -2.50. The zero-order valence-electron chi connectivity index (χ0n) is 15.8. The molecule has 136 valence electrons. The molecule has 0 unspecified atom stereocenters. The summed E-state index contributed by atoms with van der Waals surface area (Å²) in [6.45, 7) is 13.3. The van der Waals surface area contributed by atoms with Crippen molar-refractivity contribution >= 4 is 13.2 Å². The fourth-order valence-corrected chi connectivity index (χ4v) is 2.41. The van der Waals surface area contributed by atoms with Gasteiger partial charge >= 0.3 is 13.2 Å². The summed E-state index contributed by atoms with van der Waals surface area (Å²) in [4.78, 5) is 11.7. The van der Waals surface area contributed by atoms with E-state index in [4.69, 9.17) is 14.0 Å². The maximum Gasteiger partial charge on any atom is 0.524 e. The molecular formula is C17H29BFNO4. The van der Waals surface area contributed by atoms with E-state index in [0.29, 0.717) is 6.54 Å². The Bertz CT molecular complexity index is 519. The number of rotatable bonds is 4. The fraction of sp³-hybridized carbons (Fsp3) is 0.824. The van der Waals surface area contributed by atoms with Gasteiger partial charge < -0.3 is 19.4 Å². The Hall–Kier alpha value is -1.08. The first-order valence-electron chi connectivity index (χ1n) is 8.46. The number of alkyl carbamates (subject to hydrolysis) is 1. The molecule has 1 heterocycles. The Balaban J connectivity index is 1.94. The van der Waals surface area contributed by atoms with Gasteiger partial charge in [0, 0.05) is 12.0 Å². The van der Waals surface area contributed by atoms with Gasteiger partial charge in [0.05, 0.1) is 11.2 Å². The molecule has 1 aliphatic heterocycles. The van der Waals surface area contributed by atoms with E-state index >= 15 is 0 Å². The number of carbonyl (C=O) groups is 1. The molecule has 0 aromatic carbocycles. The van der Waals surface area contributed by atoms with E-state index in [1.54, 1.807) is 20.8 Å². The molecule has 7 heteroatoms. The van der Waals surface area contributed by atoms with Crippen LogP contribution in [0.5, 0.6) is 0 Å². The second kappa shape index (κ2) is 6.02. The standard InChI is InChI=1S/C17H29BFNO4/c1-14(2,3)22-13(21)20-11-17(8-9-17)10-12(19)18-23-15(4,5)16(6,7)24-18/h10H,8-9,11H2,1-7H3,(H,20,21). The summed E-state index contributed by atoms with van der Waals surface area (Å²) in [6.07, 6.45) is 2.68. The Morgan fingerprint density at radius 2 is 1.71 bits per heavy atom. The second-order valence-electron chi connectivity index (χ2n) is 8.84. The molecule has 1 aliphatic carbocycles. The van der Waals surface area contributed by atoms with Crippen LogP contribution in [0.1, 0.15) is 61.3 Å². The molecule has 0 spiro atoms. The van der Waals surface area contributed by atoms with Crippen LogP contribution in [0.25, 0.3) is 0 Å². The van der Waals surface area contributed by atoms with Gasteiger partial charge in [0.1, 0.15) is 11.3 Å². The molecule has 1 saturated heterocycles. The number of amides is 1. The van der Waals surface area contributed by atoms with E-state index in [9.17, 15) is 9.18 Å². The average molecular weight is 341 g/mol. The third-order valence-corrected chi connectivity index (χ3v) is 4.80. The lowest BCUT2D eigenvalue weighted by Crippen LogP contribution is -2.41. The van der Waals surface area contributed by atoms with E-state index in [1.165, 1.54) is 6.08 Å². The molecule has 0 aromatic heterocycles. The lowest BCUT2D eigenvalue weighted by atomic mass is 9.85. The summed E-state index contributed by atoms with van der Waals surface area (Å²) in [7, 11) is -0.992. The first-order chi connectivity index (χ1) is 10.8. The van der Waals surface area contributed by atoms with Gasteiger partial charge in [-0.25, -0.2) is 9.18 Å². The Morgan fingerprint density at radius 1 is 1.21 bits per heavy atom. The fourth-order valence-electron chi connectivity index (χ4n) is 2.41. The summed E-state index contributed by atoms with van der Waals surface area (Å²) >= 11 is 0. The lowest BCUT2D eigenvalue weighted by Gasteiger charge is -2.32. The van der Waals surface area contributed by atoms with Crippen molar-refractivity contribution in [3.63, 3.8) is 0 Å². The van der Waals surface area contributed by atoms with Gasteiger partial charge in [-0.15, -0.1) is 0 Å². The van der Waals surface area contributed by atoms with Crippen molar-refractivity contribution in [3.05, 3.63) is 11.8 Å². The van der Waals surface area contributed by atoms with E-state index in [-0.39, 0.29) is 5.41 Å². The van der Waals surface area contributed by atoms with Crippen LogP contribution in [0.15, 0.2) is 11.8 Å². The van der Waals surface area contributed by atoms with Crippen molar-refractivity contribution < 1.29 is 23.2 Å². The van der Waals surface area contributed by atoms with Gasteiger partial charge in [-0.3, -0.25) is 0 Å². The van der Waals surface area contributed by atoms with Crippen LogP contribution in [-0.4, -0.2) is 36.6 Å². The number of nitrogens with one attached hydrogen (secondary N) is 1. The SMILES string of the molecule is CC(C)(C)OC(=O)NCC1(C=C(F)B2OC(C)(C)C(C)(C)O2)CC1. The second-order valence-corrected chi connectivity index (χ2v) is 8.84. The number of carbonyl (C=O) groups excluding carboxylic acids is 1. The van der Waals surface area contributed by atoms with Crippen LogP contribution in [0.2, 0.25) is 0 Å². The van der Waals surface area contributed by atoms with Crippen molar-refractivity contribution in [1.82, 2.24) is 5.32 Å². The summed E-state index contributed by atoms with van der Waals surface area (Å²) in [5, 5.41) is 2.72. The van der Waals surface area contributed by atoms with E-state index in [0.717, 1.165) is 12.8 Å². The number of hydrogen-bond acceptors (Lipinski definition) is 4. The van der Waals surface area contributed by atoms with Crippen LogP contribution in [0.4, 0.5) is 9.18 Å². The minimum atomic E-state index is -0.992. The molecule has 24 heavy (non-hydrogen) atoms. The summed E-state index contributed by atoms with van der Waals surface area (Å²) in [5.74, 6) is 0. The molecule has 0 bridgehead atoms. The quantitative estimate of drug-likeness (QED) is 0.791. The highest BCUT2D eigenvalue weighted by atomic mass is 19.1. The zero-order chi connectivity index (χ0) is 18.4. The third-order valence-electron chi connectivity index (χ3n) is 4.80. The van der Waals surface area contributed by atoms with Gasteiger partial charge in [-0.1, -0.05) is 0 Å². The maximum atomic E-state index is 14.6. The van der Waals surface area contributed by atoms with Crippen LogP contribution < -0.4 is 5.32 Å². The highest BCUT2D eigenvalue weighted by Crippen LogP contribution is 2.48. The molecule has 0 aromatic rings. The predicted octanol–water partition coefficient (Wildman–Crippen LogP) is 3.78. The number of hydrogen-bond donors (Lipinski definition) is 1.